The van der Waals surface area contributed by atoms with Gasteiger partial charge in [-0.05, 0) is 43.2 Å². The number of halogens is 3. The Morgan fingerprint density at radius 1 is 1.21 bits per heavy atom. The molecule has 2 aliphatic rings. The number of nitrogens with one attached hydrogen (secondary N) is 1. The number of nitrogens with two attached hydrogens (primary N) is 2. The van der Waals surface area contributed by atoms with Gasteiger partial charge in [0, 0.05) is 48.7 Å². The second-order valence-corrected chi connectivity index (χ2v) is 10.1. The second-order valence-electron chi connectivity index (χ2n) is 9.71. The van der Waals surface area contributed by atoms with Gasteiger partial charge >= 0.3 is 5.97 Å². The Morgan fingerprint density at radius 2 is 1.89 bits per heavy atom. The maximum absolute atomic E-state index is 15.6. The van der Waals surface area contributed by atoms with E-state index in [9.17, 15) is 19.1 Å². The summed E-state index contributed by atoms with van der Waals surface area (Å²) in [4.78, 5) is 25.8. The van der Waals surface area contributed by atoms with Crippen molar-refractivity contribution in [1.82, 2.24) is 4.90 Å². The number of anilines is 1. The molecule has 8 nitrogen and oxygen atoms in total. The van der Waals surface area contributed by atoms with Crippen LogP contribution in [0.5, 0.6) is 0 Å². The van der Waals surface area contributed by atoms with Crippen molar-refractivity contribution in [2.45, 2.75) is 31.4 Å². The molecule has 11 heteroatoms. The predicted molar refractivity (Wildman–Crippen MR) is 140 cm³/mol. The van der Waals surface area contributed by atoms with E-state index in [2.05, 4.69) is 0 Å². The fraction of sp³-hybridized carbons (Fsp3) is 0.370. The molecule has 0 radical (unpaired) electrons. The molecular weight excluding hydrogens is 518 g/mol. The van der Waals surface area contributed by atoms with Crippen molar-refractivity contribution in [2.24, 2.45) is 11.7 Å². The van der Waals surface area contributed by atoms with Crippen LogP contribution in [-0.4, -0.2) is 59.6 Å². The number of ketones is 1. The minimum atomic E-state index is -1.72. The van der Waals surface area contributed by atoms with Gasteiger partial charge in [0.05, 0.1) is 35.1 Å². The van der Waals surface area contributed by atoms with Crippen molar-refractivity contribution in [3.05, 3.63) is 69.5 Å². The standard InChI is InChI=1S/C27H29ClF2N4O4/c28-19-2-1-3-20(29)22(19)23(32)18(24(35)15-4-5-15)13-38-14-27(30)8-10-34(11-9-27)25(33)17-12-16(26(36)37)6-7-21(17)31/h1-3,6-7,12,15,33H,4-5,8-11,13-14,31-32H2,(H,36,37). The number of alkyl halides is 1. The molecule has 0 aromatic heterocycles. The zero-order valence-corrected chi connectivity index (χ0v) is 21.4. The number of carbonyl (C=O) groups excluding carboxylic acids is 1. The molecule has 1 aliphatic heterocycles. The quantitative estimate of drug-likeness (QED) is 0.159. The number of likely N-dealkylation sites (tertiary alicyclic amines) is 1. The van der Waals surface area contributed by atoms with Crippen LogP contribution in [0.15, 0.2) is 42.0 Å². The maximum atomic E-state index is 15.6. The molecule has 4 rings (SSSR count). The summed E-state index contributed by atoms with van der Waals surface area (Å²) < 4.78 is 35.7. The van der Waals surface area contributed by atoms with Gasteiger partial charge in [-0.3, -0.25) is 10.2 Å². The number of Topliss-reactive ketones (excluding diaryl/α,β-unsaturated/α-hetero) is 1. The molecule has 202 valence electrons. The summed E-state index contributed by atoms with van der Waals surface area (Å²) in [6.07, 6.45) is 1.49. The van der Waals surface area contributed by atoms with Crippen LogP contribution in [0.4, 0.5) is 14.5 Å². The Morgan fingerprint density at radius 3 is 2.50 bits per heavy atom. The maximum Gasteiger partial charge on any atom is 0.335 e. The van der Waals surface area contributed by atoms with E-state index < -0.39 is 17.5 Å². The minimum Gasteiger partial charge on any atom is -0.478 e. The van der Waals surface area contributed by atoms with Gasteiger partial charge < -0.3 is 26.2 Å². The Kier molecular flexibility index (Phi) is 8.03. The number of hydrogen-bond acceptors (Lipinski definition) is 6. The Labute approximate surface area is 223 Å². The number of amidine groups is 1. The predicted octanol–water partition coefficient (Wildman–Crippen LogP) is 4.25. The average Bonchev–Trinajstić information content (AvgIpc) is 3.72. The van der Waals surface area contributed by atoms with Crippen LogP contribution >= 0.6 is 11.6 Å². The van der Waals surface area contributed by atoms with E-state index in [-0.39, 0.29) is 95.4 Å². The highest BCUT2D eigenvalue weighted by Gasteiger charge is 2.38. The lowest BCUT2D eigenvalue weighted by Gasteiger charge is -2.37. The van der Waals surface area contributed by atoms with Crippen LogP contribution < -0.4 is 11.5 Å². The summed E-state index contributed by atoms with van der Waals surface area (Å²) in [7, 11) is 0. The number of aromatic carboxylic acids is 1. The highest BCUT2D eigenvalue weighted by Crippen LogP contribution is 2.36. The molecule has 2 aromatic carbocycles. The molecule has 1 aliphatic carbocycles. The first-order valence-corrected chi connectivity index (χ1v) is 12.6. The smallest absolute Gasteiger partial charge is 0.335 e. The number of hydrogen-bond donors (Lipinski definition) is 4. The summed E-state index contributed by atoms with van der Waals surface area (Å²) in [5.74, 6) is -2.24. The van der Waals surface area contributed by atoms with Gasteiger partial charge in [0.2, 0.25) is 0 Å². The largest absolute Gasteiger partial charge is 0.478 e. The number of nitrogen functional groups attached to an aromatic ring is 1. The SMILES string of the molecule is N=C(c1cc(C(=O)O)ccc1N)N1CCC(F)(COCC(C(=O)C2CC2)=C(N)c2c(F)cccc2Cl)CC1. The van der Waals surface area contributed by atoms with Crippen LogP contribution in [-0.2, 0) is 9.53 Å². The Balaban J connectivity index is 1.41. The van der Waals surface area contributed by atoms with Gasteiger partial charge in [-0.15, -0.1) is 0 Å². The molecule has 2 fully saturated rings. The third kappa shape index (κ3) is 5.97. The first-order chi connectivity index (χ1) is 18.0. The molecule has 38 heavy (non-hydrogen) atoms. The van der Waals surface area contributed by atoms with Gasteiger partial charge in [0.25, 0.3) is 0 Å². The monoisotopic (exact) mass is 546 g/mol. The van der Waals surface area contributed by atoms with Gasteiger partial charge in [-0.2, -0.15) is 0 Å². The van der Waals surface area contributed by atoms with Crippen molar-refractivity contribution in [1.29, 1.82) is 5.41 Å². The molecule has 1 saturated heterocycles. The molecular formula is C27H29ClF2N4O4. The second kappa shape index (κ2) is 11.1. The van der Waals surface area contributed by atoms with Gasteiger partial charge in [-0.1, -0.05) is 17.7 Å². The highest BCUT2D eigenvalue weighted by molar-refractivity contribution is 6.32. The molecule has 0 spiro atoms. The fourth-order valence-electron chi connectivity index (χ4n) is 4.46. The van der Waals surface area contributed by atoms with Crippen molar-refractivity contribution in [2.75, 3.05) is 32.0 Å². The van der Waals surface area contributed by atoms with Gasteiger partial charge in [0.15, 0.2) is 5.78 Å². The molecule has 0 atom stereocenters. The number of ether oxygens (including phenoxy) is 1. The molecule has 0 amide bonds. The lowest BCUT2D eigenvalue weighted by atomic mass is 9.93. The zero-order chi connectivity index (χ0) is 27.6. The normalized spacial score (nSPS) is 17.6. The van der Waals surface area contributed by atoms with Crippen LogP contribution in [0, 0.1) is 17.1 Å². The van der Waals surface area contributed by atoms with E-state index in [0.29, 0.717) is 12.8 Å². The summed E-state index contributed by atoms with van der Waals surface area (Å²) in [5.41, 5.74) is 10.8. The van der Waals surface area contributed by atoms with Gasteiger partial charge in [0.1, 0.15) is 17.3 Å². The third-order valence-corrected chi connectivity index (χ3v) is 7.26. The third-order valence-electron chi connectivity index (χ3n) is 6.94. The highest BCUT2D eigenvalue weighted by atomic mass is 35.5. The minimum absolute atomic E-state index is 0.00439. The average molecular weight is 547 g/mol. The van der Waals surface area contributed by atoms with E-state index in [1.54, 1.807) is 4.90 Å². The fourth-order valence-corrected chi connectivity index (χ4v) is 4.72. The lowest BCUT2D eigenvalue weighted by Crippen LogP contribution is -2.47. The Bertz CT molecular complexity index is 1280. The van der Waals surface area contributed by atoms with E-state index in [4.69, 9.17) is 33.2 Å². The number of rotatable bonds is 9. The summed E-state index contributed by atoms with van der Waals surface area (Å²) in [5, 5.41) is 17.8. The summed E-state index contributed by atoms with van der Waals surface area (Å²) in [6, 6.07) is 8.22. The van der Waals surface area contributed by atoms with Crippen molar-refractivity contribution in [3.63, 3.8) is 0 Å². The first kappa shape index (κ1) is 27.5. The van der Waals surface area contributed by atoms with Gasteiger partial charge in [-0.25, -0.2) is 13.6 Å². The number of nitrogens with zero attached hydrogens (tertiary/aromatic N) is 1. The van der Waals surface area contributed by atoms with E-state index >= 15 is 4.39 Å². The van der Waals surface area contributed by atoms with Crippen molar-refractivity contribution in [3.8, 4) is 0 Å². The Hall–Kier alpha value is -3.50. The van der Waals surface area contributed by atoms with E-state index in [1.807, 2.05) is 0 Å². The number of benzene rings is 2. The van der Waals surface area contributed by atoms with E-state index in [0.717, 1.165) is 0 Å². The van der Waals surface area contributed by atoms with Crippen LogP contribution in [0.1, 0.15) is 47.2 Å². The van der Waals surface area contributed by atoms with Crippen LogP contribution in [0.2, 0.25) is 5.02 Å². The topological polar surface area (TPSA) is 143 Å². The number of piperidine rings is 1. The van der Waals surface area contributed by atoms with Crippen LogP contribution in [0.25, 0.3) is 5.70 Å². The lowest BCUT2D eigenvalue weighted by molar-refractivity contribution is -0.117. The number of carboxylic acid groups (broad SMARTS) is 1. The van der Waals surface area contributed by atoms with E-state index in [1.165, 1.54) is 36.4 Å². The number of carbonyl (C=O) groups is 2. The summed E-state index contributed by atoms with van der Waals surface area (Å²) >= 11 is 6.14. The first-order valence-electron chi connectivity index (χ1n) is 12.2. The number of carboxylic acids is 1. The molecule has 2 aromatic rings. The molecule has 6 N–H and O–H groups in total. The van der Waals surface area contributed by atoms with Crippen LogP contribution in [0.3, 0.4) is 0 Å². The molecule has 1 heterocycles. The van der Waals surface area contributed by atoms with Crippen molar-refractivity contribution >= 4 is 40.6 Å². The molecule has 0 bridgehead atoms. The molecule has 0 unspecified atom stereocenters. The summed E-state index contributed by atoms with van der Waals surface area (Å²) in [6.45, 7) is -0.224. The molecule has 1 saturated carbocycles. The van der Waals surface area contributed by atoms with Crippen molar-refractivity contribution < 1.29 is 28.2 Å². The zero-order valence-electron chi connectivity index (χ0n) is 20.6.